The Kier molecular flexibility index (Phi) is 4.22. The summed E-state index contributed by atoms with van der Waals surface area (Å²) in [6.07, 6.45) is 7.72. The number of hydrogen-bond acceptors (Lipinski definition) is 4. The fourth-order valence-electron chi connectivity index (χ4n) is 5.03. The molecular weight excluding hydrogens is 366 g/mol. The first kappa shape index (κ1) is 18.3. The second kappa shape index (κ2) is 6.68. The molecule has 0 bridgehead atoms. The predicted octanol–water partition coefficient (Wildman–Crippen LogP) is 2.35. The number of nitrogens with zero attached hydrogens (tertiary/aromatic N) is 4. The van der Waals surface area contributed by atoms with E-state index in [-0.39, 0.29) is 23.3 Å². The van der Waals surface area contributed by atoms with Gasteiger partial charge in [0, 0.05) is 49.6 Å². The Hall–Kier alpha value is -2.70. The molecule has 2 amide bonds. The van der Waals surface area contributed by atoms with Crippen molar-refractivity contribution in [2.24, 2.45) is 5.92 Å². The van der Waals surface area contributed by atoms with E-state index in [2.05, 4.69) is 19.9 Å². The molecule has 0 radical (unpaired) electrons. The third kappa shape index (κ3) is 2.94. The molecule has 1 saturated carbocycles. The van der Waals surface area contributed by atoms with Crippen LogP contribution in [0.25, 0.3) is 0 Å². The van der Waals surface area contributed by atoms with Gasteiger partial charge in [0.15, 0.2) is 0 Å². The number of aryl methyl sites for hydroxylation is 2. The Bertz CT molecular complexity index is 969. The summed E-state index contributed by atoms with van der Waals surface area (Å²) in [4.78, 5) is 42.4. The normalized spacial score (nSPS) is 20.6. The summed E-state index contributed by atoms with van der Waals surface area (Å²) in [5, 5.41) is 0. The highest BCUT2D eigenvalue weighted by Gasteiger charge is 2.51. The van der Waals surface area contributed by atoms with Gasteiger partial charge in [-0.1, -0.05) is 0 Å². The monoisotopic (exact) mass is 393 g/mol. The molecule has 29 heavy (non-hydrogen) atoms. The van der Waals surface area contributed by atoms with Crippen molar-refractivity contribution < 1.29 is 9.59 Å². The van der Waals surface area contributed by atoms with Gasteiger partial charge in [-0.3, -0.25) is 14.6 Å². The number of aromatic amines is 1. The van der Waals surface area contributed by atoms with Crippen LogP contribution in [0.4, 0.5) is 0 Å². The van der Waals surface area contributed by atoms with E-state index in [1.54, 1.807) is 12.5 Å². The van der Waals surface area contributed by atoms with Gasteiger partial charge >= 0.3 is 0 Å². The second-order valence-corrected chi connectivity index (χ2v) is 8.71. The van der Waals surface area contributed by atoms with E-state index in [4.69, 9.17) is 0 Å². The van der Waals surface area contributed by atoms with Gasteiger partial charge in [0.25, 0.3) is 5.91 Å². The lowest BCUT2D eigenvalue weighted by Crippen LogP contribution is -2.59. The maximum Gasteiger partial charge on any atom is 0.255 e. The fourth-order valence-corrected chi connectivity index (χ4v) is 5.03. The number of fused-ring (bicyclic) bond motifs is 2. The van der Waals surface area contributed by atoms with Crippen LogP contribution in [0.5, 0.6) is 0 Å². The van der Waals surface area contributed by atoms with Crippen LogP contribution in [0.3, 0.4) is 0 Å². The predicted molar refractivity (Wildman–Crippen MR) is 107 cm³/mol. The van der Waals surface area contributed by atoms with E-state index in [9.17, 15) is 9.59 Å². The molecule has 2 aromatic heterocycles. The van der Waals surface area contributed by atoms with E-state index in [0.717, 1.165) is 61.3 Å². The number of likely N-dealkylation sites (tertiary alicyclic amines) is 1. The minimum Gasteiger partial charge on any atom is -0.348 e. The number of imidazole rings is 1. The zero-order valence-corrected chi connectivity index (χ0v) is 17.1. The molecule has 0 atom stereocenters. The largest absolute Gasteiger partial charge is 0.348 e. The molecule has 3 aliphatic rings. The number of carbonyl (C=O) groups excluding carboxylic acids is 2. The summed E-state index contributed by atoms with van der Waals surface area (Å²) in [5.41, 5.74) is 4.31. The van der Waals surface area contributed by atoms with Gasteiger partial charge in [0.05, 0.1) is 23.1 Å². The van der Waals surface area contributed by atoms with Gasteiger partial charge in [-0.25, -0.2) is 4.98 Å². The summed E-state index contributed by atoms with van der Waals surface area (Å²) in [6, 6.07) is 1.95. The highest BCUT2D eigenvalue weighted by atomic mass is 16.2. The molecule has 1 spiro atoms. The average Bonchev–Trinajstić information content (AvgIpc) is 3.45. The quantitative estimate of drug-likeness (QED) is 0.849. The minimum absolute atomic E-state index is 0.0305. The van der Waals surface area contributed by atoms with Gasteiger partial charge in [-0.2, -0.15) is 0 Å². The summed E-state index contributed by atoms with van der Waals surface area (Å²) < 4.78 is 0. The van der Waals surface area contributed by atoms with Gasteiger partial charge in [-0.15, -0.1) is 0 Å². The lowest BCUT2D eigenvalue weighted by molar-refractivity contribution is -0.143. The Balaban J connectivity index is 1.41. The van der Waals surface area contributed by atoms with E-state index < -0.39 is 0 Å². The lowest BCUT2D eigenvalue weighted by Gasteiger charge is -2.50. The van der Waals surface area contributed by atoms with E-state index in [0.29, 0.717) is 18.7 Å². The molecule has 2 aliphatic heterocycles. The Labute approximate surface area is 170 Å². The van der Waals surface area contributed by atoms with Crippen LogP contribution in [-0.2, 0) is 16.8 Å². The number of hydrogen-bond donors (Lipinski definition) is 1. The summed E-state index contributed by atoms with van der Waals surface area (Å²) in [5.74, 6) is 0.494. The van der Waals surface area contributed by atoms with Crippen molar-refractivity contribution in [1.29, 1.82) is 0 Å². The Morgan fingerprint density at radius 3 is 2.59 bits per heavy atom. The van der Waals surface area contributed by atoms with Crippen LogP contribution in [0.15, 0.2) is 18.6 Å². The van der Waals surface area contributed by atoms with Crippen LogP contribution in [0.1, 0.15) is 58.7 Å². The highest BCUT2D eigenvalue weighted by Crippen LogP contribution is 2.45. The average molecular weight is 393 g/mol. The van der Waals surface area contributed by atoms with Crippen molar-refractivity contribution in [2.75, 3.05) is 19.6 Å². The number of carbonyl (C=O) groups is 2. The van der Waals surface area contributed by atoms with Crippen molar-refractivity contribution in [1.82, 2.24) is 24.8 Å². The van der Waals surface area contributed by atoms with Crippen LogP contribution >= 0.6 is 0 Å². The third-order valence-corrected chi connectivity index (χ3v) is 6.81. The molecule has 1 N–H and O–H groups in total. The van der Waals surface area contributed by atoms with Crippen molar-refractivity contribution in [3.8, 4) is 0 Å². The number of amides is 2. The van der Waals surface area contributed by atoms with E-state index in [1.165, 1.54) is 0 Å². The van der Waals surface area contributed by atoms with Crippen molar-refractivity contribution in [3.05, 3.63) is 46.8 Å². The fraction of sp³-hybridized carbons (Fsp3) is 0.545. The molecule has 4 heterocycles. The van der Waals surface area contributed by atoms with Crippen LogP contribution in [0, 0.1) is 19.8 Å². The molecule has 0 aromatic carbocycles. The first-order valence-electron chi connectivity index (χ1n) is 10.6. The molecule has 2 fully saturated rings. The standard InChI is InChI=1S/C22H27N5O2/c1-14-11-15(2)23-12-17(14)21(29)26-9-6-22(7-10-26)19-18(24-13-25-19)5-8-27(22)20(28)16-3-4-16/h11-13,16H,3-10H2,1-2H3,(H,24,25). The molecule has 152 valence electrons. The number of nitrogens with one attached hydrogen (secondary N) is 1. The van der Waals surface area contributed by atoms with Crippen LogP contribution < -0.4 is 0 Å². The number of aromatic nitrogens is 3. The number of pyridine rings is 1. The SMILES string of the molecule is Cc1cc(C)c(C(=O)N2CCC3(CC2)c2nc[nH]c2CCN3C(=O)C2CC2)cn1. The van der Waals surface area contributed by atoms with Crippen molar-refractivity contribution in [3.63, 3.8) is 0 Å². The molecule has 2 aromatic rings. The van der Waals surface area contributed by atoms with Gasteiger partial charge < -0.3 is 14.8 Å². The topological polar surface area (TPSA) is 82.2 Å². The van der Waals surface area contributed by atoms with Crippen molar-refractivity contribution >= 4 is 11.8 Å². The molecular formula is C22H27N5O2. The Morgan fingerprint density at radius 2 is 1.90 bits per heavy atom. The molecule has 5 rings (SSSR count). The highest BCUT2D eigenvalue weighted by molar-refractivity contribution is 5.95. The smallest absolute Gasteiger partial charge is 0.255 e. The second-order valence-electron chi connectivity index (χ2n) is 8.71. The number of rotatable bonds is 2. The molecule has 7 heteroatoms. The van der Waals surface area contributed by atoms with E-state index >= 15 is 0 Å². The summed E-state index contributed by atoms with van der Waals surface area (Å²) in [7, 11) is 0. The molecule has 1 aliphatic carbocycles. The third-order valence-electron chi connectivity index (χ3n) is 6.81. The first-order chi connectivity index (χ1) is 14.0. The zero-order valence-electron chi connectivity index (χ0n) is 17.1. The van der Waals surface area contributed by atoms with Crippen LogP contribution in [0.2, 0.25) is 0 Å². The van der Waals surface area contributed by atoms with Gasteiger partial charge in [0.1, 0.15) is 0 Å². The Morgan fingerprint density at radius 1 is 1.14 bits per heavy atom. The summed E-state index contributed by atoms with van der Waals surface area (Å²) >= 11 is 0. The number of H-pyrrole nitrogens is 1. The lowest BCUT2D eigenvalue weighted by atomic mass is 9.78. The molecule has 1 saturated heterocycles. The zero-order chi connectivity index (χ0) is 20.2. The van der Waals surface area contributed by atoms with Gasteiger partial charge in [0.2, 0.25) is 5.91 Å². The first-order valence-corrected chi connectivity index (χ1v) is 10.6. The molecule has 0 unspecified atom stereocenters. The minimum atomic E-state index is -0.384. The summed E-state index contributed by atoms with van der Waals surface area (Å²) in [6.45, 7) is 5.86. The van der Waals surface area contributed by atoms with E-state index in [1.807, 2.05) is 24.8 Å². The van der Waals surface area contributed by atoms with Gasteiger partial charge in [-0.05, 0) is 51.2 Å². The van der Waals surface area contributed by atoms with Crippen molar-refractivity contribution in [2.45, 2.75) is 51.5 Å². The number of piperidine rings is 1. The maximum absolute atomic E-state index is 13.1. The maximum atomic E-state index is 13.1. The van der Waals surface area contributed by atoms with Crippen LogP contribution in [-0.4, -0.2) is 56.2 Å². The molecule has 7 nitrogen and oxygen atoms in total.